The summed E-state index contributed by atoms with van der Waals surface area (Å²) < 4.78 is 24.3. The number of hydrogen-bond acceptors (Lipinski definition) is 4. The molecular formula is C11H18N4O2S. The van der Waals surface area contributed by atoms with Gasteiger partial charge in [0.2, 0.25) is 10.0 Å². The van der Waals surface area contributed by atoms with E-state index in [-0.39, 0.29) is 0 Å². The van der Waals surface area contributed by atoms with E-state index >= 15 is 0 Å². The van der Waals surface area contributed by atoms with Crippen molar-refractivity contribution in [3.8, 4) is 0 Å². The van der Waals surface area contributed by atoms with Crippen molar-refractivity contribution in [1.29, 1.82) is 0 Å². The number of fused-ring (bicyclic) bond motifs is 2. The molecule has 18 heavy (non-hydrogen) atoms. The highest BCUT2D eigenvalue weighted by Crippen LogP contribution is 2.46. The Kier molecular flexibility index (Phi) is 2.63. The van der Waals surface area contributed by atoms with Gasteiger partial charge in [-0.05, 0) is 31.6 Å². The van der Waals surface area contributed by atoms with Crippen LogP contribution in [0.5, 0.6) is 0 Å². The van der Waals surface area contributed by atoms with Crippen molar-refractivity contribution in [2.45, 2.75) is 37.0 Å². The zero-order chi connectivity index (χ0) is 12.8. The van der Waals surface area contributed by atoms with E-state index in [0.29, 0.717) is 18.8 Å². The minimum Gasteiger partial charge on any atom is -0.337 e. The summed E-state index contributed by atoms with van der Waals surface area (Å²) >= 11 is 0. The highest BCUT2D eigenvalue weighted by Gasteiger charge is 2.52. The first-order valence-electron chi connectivity index (χ1n) is 6.32. The van der Waals surface area contributed by atoms with Gasteiger partial charge in [-0.2, -0.15) is 5.10 Å². The zero-order valence-electron chi connectivity index (χ0n) is 10.2. The molecule has 0 amide bonds. The SMILES string of the molecule is NS(=O)(=O)C12CCCC(CCN1c1ccn[nH]1)C2. The lowest BCUT2D eigenvalue weighted by molar-refractivity contribution is 0.222. The van der Waals surface area contributed by atoms with Gasteiger partial charge < -0.3 is 4.90 Å². The zero-order valence-corrected chi connectivity index (χ0v) is 11.0. The molecule has 2 heterocycles. The molecule has 1 saturated heterocycles. The number of aromatic amines is 1. The lowest BCUT2D eigenvalue weighted by atomic mass is 9.79. The molecule has 1 saturated carbocycles. The normalized spacial score (nSPS) is 32.5. The molecule has 6 nitrogen and oxygen atoms in total. The van der Waals surface area contributed by atoms with Gasteiger partial charge in [0.15, 0.2) is 4.87 Å². The molecule has 2 atom stereocenters. The minimum atomic E-state index is -3.62. The van der Waals surface area contributed by atoms with E-state index in [2.05, 4.69) is 10.2 Å². The summed E-state index contributed by atoms with van der Waals surface area (Å²) in [6.07, 6.45) is 5.96. The van der Waals surface area contributed by atoms with Crippen LogP contribution in [0.2, 0.25) is 0 Å². The van der Waals surface area contributed by atoms with Crippen molar-refractivity contribution in [2.24, 2.45) is 11.1 Å². The molecule has 1 aromatic heterocycles. The van der Waals surface area contributed by atoms with Gasteiger partial charge in [-0.25, -0.2) is 13.6 Å². The van der Waals surface area contributed by atoms with E-state index in [1.54, 1.807) is 6.20 Å². The van der Waals surface area contributed by atoms with Crippen LogP contribution >= 0.6 is 0 Å². The lowest BCUT2D eigenvalue weighted by Crippen LogP contribution is -2.62. The molecule has 100 valence electrons. The number of nitrogens with zero attached hydrogens (tertiary/aromatic N) is 2. The summed E-state index contributed by atoms with van der Waals surface area (Å²) in [6.45, 7) is 0.725. The summed E-state index contributed by atoms with van der Waals surface area (Å²) in [4.78, 5) is 0.978. The Labute approximate surface area is 107 Å². The van der Waals surface area contributed by atoms with Crippen molar-refractivity contribution in [3.05, 3.63) is 12.3 Å². The Balaban J connectivity index is 2.07. The number of aromatic nitrogens is 2. The van der Waals surface area contributed by atoms with Gasteiger partial charge in [0.25, 0.3) is 0 Å². The number of piperidine rings is 1. The van der Waals surface area contributed by atoms with Crippen molar-refractivity contribution in [3.63, 3.8) is 0 Å². The predicted octanol–water partition coefficient (Wildman–Crippen LogP) is 0.795. The van der Waals surface area contributed by atoms with Crippen LogP contribution in [0.3, 0.4) is 0 Å². The fraction of sp³-hybridized carbons (Fsp3) is 0.727. The quantitative estimate of drug-likeness (QED) is 0.831. The second-order valence-electron chi connectivity index (χ2n) is 5.34. The van der Waals surface area contributed by atoms with Crippen LogP contribution in [-0.2, 0) is 10.0 Å². The van der Waals surface area contributed by atoms with Crippen molar-refractivity contribution in [2.75, 3.05) is 11.4 Å². The van der Waals surface area contributed by atoms with Gasteiger partial charge in [-0.15, -0.1) is 0 Å². The van der Waals surface area contributed by atoms with E-state index in [0.717, 1.165) is 31.6 Å². The van der Waals surface area contributed by atoms with Crippen LogP contribution in [0.1, 0.15) is 32.1 Å². The fourth-order valence-electron chi connectivity index (χ4n) is 3.48. The molecule has 3 rings (SSSR count). The molecule has 7 heteroatoms. The van der Waals surface area contributed by atoms with Gasteiger partial charge in [0.1, 0.15) is 5.82 Å². The van der Waals surface area contributed by atoms with Crippen molar-refractivity contribution >= 4 is 15.8 Å². The van der Waals surface area contributed by atoms with E-state index < -0.39 is 14.9 Å². The lowest BCUT2D eigenvalue weighted by Gasteiger charge is -2.51. The fourth-order valence-corrected chi connectivity index (χ4v) is 4.87. The average molecular weight is 270 g/mol. The van der Waals surface area contributed by atoms with E-state index in [4.69, 9.17) is 5.14 Å². The van der Waals surface area contributed by atoms with Crippen molar-refractivity contribution < 1.29 is 8.42 Å². The van der Waals surface area contributed by atoms with Crippen LogP contribution in [0.25, 0.3) is 0 Å². The monoisotopic (exact) mass is 270 g/mol. The molecule has 3 N–H and O–H groups in total. The molecular weight excluding hydrogens is 252 g/mol. The molecule has 0 spiro atoms. The third-order valence-electron chi connectivity index (χ3n) is 4.35. The first-order chi connectivity index (χ1) is 8.53. The Morgan fingerprint density at radius 2 is 2.33 bits per heavy atom. The van der Waals surface area contributed by atoms with Gasteiger partial charge in [0, 0.05) is 12.6 Å². The predicted molar refractivity (Wildman–Crippen MR) is 68.3 cm³/mol. The topological polar surface area (TPSA) is 92.1 Å². The largest absolute Gasteiger partial charge is 0.337 e. The summed E-state index contributed by atoms with van der Waals surface area (Å²) in [7, 11) is -3.62. The molecule has 1 aliphatic carbocycles. The Hall–Kier alpha value is -1.08. The summed E-state index contributed by atoms with van der Waals surface area (Å²) in [5.74, 6) is 1.24. The molecule has 2 unspecified atom stereocenters. The Morgan fingerprint density at radius 1 is 1.50 bits per heavy atom. The maximum absolute atomic E-state index is 12.1. The van der Waals surface area contributed by atoms with Gasteiger partial charge in [0.05, 0.1) is 6.20 Å². The maximum atomic E-state index is 12.1. The molecule has 0 radical (unpaired) electrons. The average Bonchev–Trinajstić information content (AvgIpc) is 2.81. The van der Waals surface area contributed by atoms with Crippen LogP contribution in [0.4, 0.5) is 5.82 Å². The molecule has 2 bridgehead atoms. The van der Waals surface area contributed by atoms with Crippen LogP contribution < -0.4 is 10.0 Å². The molecule has 1 aliphatic heterocycles. The van der Waals surface area contributed by atoms with E-state index in [1.807, 2.05) is 11.0 Å². The smallest absolute Gasteiger partial charge is 0.233 e. The maximum Gasteiger partial charge on any atom is 0.233 e. The van der Waals surface area contributed by atoms with Gasteiger partial charge >= 0.3 is 0 Å². The van der Waals surface area contributed by atoms with Gasteiger partial charge in [-0.1, -0.05) is 6.42 Å². The number of anilines is 1. The minimum absolute atomic E-state index is 0.483. The van der Waals surface area contributed by atoms with E-state index in [1.165, 1.54) is 0 Å². The van der Waals surface area contributed by atoms with E-state index in [9.17, 15) is 8.42 Å². The highest BCUT2D eigenvalue weighted by atomic mass is 32.2. The third kappa shape index (κ3) is 1.65. The number of H-pyrrole nitrogens is 1. The molecule has 2 fully saturated rings. The molecule has 2 aliphatic rings. The Morgan fingerprint density at radius 3 is 3.00 bits per heavy atom. The first-order valence-corrected chi connectivity index (χ1v) is 7.87. The summed E-state index contributed by atoms with van der Waals surface area (Å²) in [5.41, 5.74) is 0. The molecule has 0 aromatic carbocycles. The standard InChI is InChI=1S/C11H18N4O2S/c12-18(16,17)11-5-1-2-9(8-11)4-7-15(11)10-3-6-13-14-10/h3,6,9H,1-2,4-5,7-8H2,(H,13,14)(H2,12,16,17). The van der Waals surface area contributed by atoms with Crippen LogP contribution in [0, 0.1) is 5.92 Å². The first kappa shape index (κ1) is 12.0. The second-order valence-corrected chi connectivity index (χ2v) is 7.19. The highest BCUT2D eigenvalue weighted by molar-refractivity contribution is 7.90. The number of nitrogens with one attached hydrogen (secondary N) is 1. The Bertz CT molecular complexity index is 527. The summed E-state index contributed by atoms with van der Waals surface area (Å²) in [6, 6.07) is 1.81. The number of sulfonamides is 1. The second kappa shape index (κ2) is 3.96. The van der Waals surface area contributed by atoms with Crippen molar-refractivity contribution in [1.82, 2.24) is 10.2 Å². The number of nitrogens with two attached hydrogens (primary N) is 1. The number of hydrogen-bond donors (Lipinski definition) is 2. The molecule has 1 aromatic rings. The van der Waals surface area contributed by atoms with Crippen LogP contribution in [0.15, 0.2) is 12.3 Å². The van der Waals surface area contributed by atoms with Crippen LogP contribution in [-0.4, -0.2) is 30.0 Å². The summed E-state index contributed by atoms with van der Waals surface area (Å²) in [5, 5.41) is 12.3. The number of primary sulfonamides is 1. The van der Waals surface area contributed by atoms with Gasteiger partial charge in [-0.3, -0.25) is 5.10 Å². The third-order valence-corrected chi connectivity index (χ3v) is 6.00. The number of rotatable bonds is 2.